The summed E-state index contributed by atoms with van der Waals surface area (Å²) >= 11 is 1.70. The Balaban J connectivity index is 1.24. The van der Waals surface area contributed by atoms with E-state index in [1.807, 2.05) is 6.92 Å². The Bertz CT molecular complexity index is 935. The van der Waals surface area contributed by atoms with Crippen molar-refractivity contribution in [1.82, 2.24) is 19.7 Å². The summed E-state index contributed by atoms with van der Waals surface area (Å²) < 4.78 is 8.96. The first-order valence-electron chi connectivity index (χ1n) is 10.5. The van der Waals surface area contributed by atoms with Crippen LogP contribution in [-0.4, -0.2) is 38.9 Å². The molecule has 2 aliphatic rings. The van der Waals surface area contributed by atoms with E-state index in [4.69, 9.17) is 4.74 Å². The number of aryl methyl sites for hydroxylation is 1. The van der Waals surface area contributed by atoms with Gasteiger partial charge in [-0.3, -0.25) is 4.90 Å². The van der Waals surface area contributed by atoms with E-state index < -0.39 is 0 Å². The first kappa shape index (κ1) is 18.1. The first-order valence-corrected chi connectivity index (χ1v) is 11.4. The van der Waals surface area contributed by atoms with E-state index in [0.29, 0.717) is 12.1 Å². The molecule has 0 N–H and O–H groups in total. The van der Waals surface area contributed by atoms with E-state index in [0.717, 1.165) is 48.2 Å². The number of hydrogen-bond acceptors (Lipinski definition) is 5. The maximum atomic E-state index is 6.48. The summed E-state index contributed by atoms with van der Waals surface area (Å²) in [5, 5.41) is 11.8. The summed E-state index contributed by atoms with van der Waals surface area (Å²) in [5.41, 5.74) is 1.33. The van der Waals surface area contributed by atoms with Crippen molar-refractivity contribution >= 4 is 22.2 Å². The fourth-order valence-corrected chi connectivity index (χ4v) is 5.47. The molecular weight excluding hydrogens is 368 g/mol. The van der Waals surface area contributed by atoms with Crippen LogP contribution < -0.4 is 4.74 Å². The van der Waals surface area contributed by atoms with Crippen LogP contribution in [0.3, 0.4) is 0 Å². The third kappa shape index (κ3) is 3.67. The number of rotatable bonds is 5. The molecular formula is C22H28N4OS. The average Bonchev–Trinajstić information content (AvgIpc) is 3.44. The van der Waals surface area contributed by atoms with Crippen LogP contribution in [0.25, 0.3) is 10.9 Å². The highest BCUT2D eigenvalue weighted by atomic mass is 32.1. The van der Waals surface area contributed by atoms with E-state index in [1.54, 1.807) is 11.3 Å². The molecule has 1 saturated carbocycles. The summed E-state index contributed by atoms with van der Waals surface area (Å²) in [6.45, 7) is 5.05. The quantitative estimate of drug-likeness (QED) is 0.611. The largest absolute Gasteiger partial charge is 0.490 e. The van der Waals surface area contributed by atoms with Crippen molar-refractivity contribution in [1.29, 1.82) is 0 Å². The zero-order valence-electron chi connectivity index (χ0n) is 16.5. The number of piperidine rings is 1. The zero-order chi connectivity index (χ0) is 18.9. The van der Waals surface area contributed by atoms with Gasteiger partial charge < -0.3 is 9.30 Å². The topological polar surface area (TPSA) is 43.2 Å². The third-order valence-corrected chi connectivity index (χ3v) is 7.02. The Morgan fingerprint density at radius 1 is 1.07 bits per heavy atom. The molecule has 1 saturated heterocycles. The zero-order valence-corrected chi connectivity index (χ0v) is 17.3. The van der Waals surface area contributed by atoms with Crippen molar-refractivity contribution in [2.45, 2.75) is 64.1 Å². The lowest BCUT2D eigenvalue weighted by Gasteiger charge is -2.31. The van der Waals surface area contributed by atoms with Gasteiger partial charge in [0.25, 0.3) is 0 Å². The number of nitrogens with zero attached hydrogens (tertiary/aromatic N) is 4. The lowest BCUT2D eigenvalue weighted by molar-refractivity contribution is 0.0978. The predicted octanol–water partition coefficient (Wildman–Crippen LogP) is 4.96. The van der Waals surface area contributed by atoms with Gasteiger partial charge in [0.15, 0.2) is 0 Å². The van der Waals surface area contributed by atoms with Gasteiger partial charge in [0.05, 0.1) is 12.1 Å². The highest BCUT2D eigenvalue weighted by Gasteiger charge is 2.23. The standard InChI is InChI=1S/C22H28N4OS/c1-16-23-24-22(28-16)15-25-12-9-18(10-13-25)27-21-8-4-7-20-19(21)11-14-26(20)17-5-2-3-6-17/h4,7-8,11,14,17-18H,2-3,5-6,9-10,12-13,15H2,1H3. The molecule has 1 aliphatic heterocycles. The van der Waals surface area contributed by atoms with E-state index in [-0.39, 0.29) is 0 Å². The maximum Gasteiger partial charge on any atom is 0.131 e. The summed E-state index contributed by atoms with van der Waals surface area (Å²) in [4.78, 5) is 2.47. The Labute approximate surface area is 170 Å². The number of likely N-dealkylation sites (tertiary alicyclic amines) is 1. The number of fused-ring (bicyclic) bond motifs is 1. The molecule has 1 aliphatic carbocycles. The molecule has 28 heavy (non-hydrogen) atoms. The number of aromatic nitrogens is 3. The molecule has 0 radical (unpaired) electrons. The van der Waals surface area contributed by atoms with Crippen LogP contribution in [0.2, 0.25) is 0 Å². The molecule has 5 rings (SSSR count). The van der Waals surface area contributed by atoms with E-state index in [9.17, 15) is 0 Å². The molecule has 0 amide bonds. The summed E-state index contributed by atoms with van der Waals surface area (Å²) in [5.74, 6) is 1.05. The lowest BCUT2D eigenvalue weighted by atomic mass is 10.1. The fraction of sp³-hybridized carbons (Fsp3) is 0.545. The fourth-order valence-electron chi connectivity index (χ4n) is 4.72. The molecule has 2 aromatic heterocycles. The van der Waals surface area contributed by atoms with Crippen molar-refractivity contribution in [2.75, 3.05) is 13.1 Å². The van der Waals surface area contributed by atoms with E-state index in [2.05, 4.69) is 50.1 Å². The monoisotopic (exact) mass is 396 g/mol. The smallest absolute Gasteiger partial charge is 0.131 e. The minimum Gasteiger partial charge on any atom is -0.490 e. The van der Waals surface area contributed by atoms with E-state index >= 15 is 0 Å². The minimum absolute atomic E-state index is 0.299. The molecule has 6 heteroatoms. The van der Waals surface area contributed by atoms with Gasteiger partial charge in [-0.15, -0.1) is 21.5 Å². The van der Waals surface area contributed by atoms with Gasteiger partial charge in [0.1, 0.15) is 21.9 Å². The number of benzene rings is 1. The Hall–Kier alpha value is -1.92. The Kier molecular flexibility index (Phi) is 5.07. The van der Waals surface area contributed by atoms with Crippen LogP contribution >= 0.6 is 11.3 Å². The van der Waals surface area contributed by atoms with Gasteiger partial charge in [-0.2, -0.15) is 0 Å². The maximum absolute atomic E-state index is 6.48. The number of ether oxygens (including phenoxy) is 1. The first-order chi connectivity index (χ1) is 13.8. The molecule has 148 valence electrons. The molecule has 0 unspecified atom stereocenters. The van der Waals surface area contributed by atoms with Crippen LogP contribution in [0, 0.1) is 6.92 Å². The molecule has 3 heterocycles. The van der Waals surface area contributed by atoms with Crippen molar-refractivity contribution in [3.8, 4) is 5.75 Å². The van der Waals surface area contributed by atoms with Crippen LogP contribution in [0.4, 0.5) is 0 Å². The molecule has 2 fully saturated rings. The van der Waals surface area contributed by atoms with Crippen LogP contribution in [0.5, 0.6) is 5.75 Å². The van der Waals surface area contributed by atoms with Gasteiger partial charge in [0, 0.05) is 30.7 Å². The molecule has 5 nitrogen and oxygen atoms in total. The molecule has 0 spiro atoms. The number of hydrogen-bond donors (Lipinski definition) is 0. The van der Waals surface area contributed by atoms with Gasteiger partial charge in [-0.1, -0.05) is 18.9 Å². The molecule has 1 aromatic carbocycles. The second kappa shape index (κ2) is 7.84. The molecule has 3 aromatic rings. The van der Waals surface area contributed by atoms with Crippen molar-refractivity contribution in [3.05, 3.63) is 40.5 Å². The summed E-state index contributed by atoms with van der Waals surface area (Å²) in [6, 6.07) is 9.44. The Morgan fingerprint density at radius 3 is 2.64 bits per heavy atom. The predicted molar refractivity (Wildman–Crippen MR) is 113 cm³/mol. The highest BCUT2D eigenvalue weighted by molar-refractivity contribution is 7.11. The highest BCUT2D eigenvalue weighted by Crippen LogP contribution is 2.36. The van der Waals surface area contributed by atoms with Gasteiger partial charge in [-0.05, 0) is 50.8 Å². The lowest BCUT2D eigenvalue weighted by Crippen LogP contribution is -2.37. The minimum atomic E-state index is 0.299. The SMILES string of the molecule is Cc1nnc(CN2CCC(Oc3cccc4c3ccn4C3CCCC3)CC2)s1. The Morgan fingerprint density at radius 2 is 1.89 bits per heavy atom. The molecule has 0 bridgehead atoms. The second-order valence-electron chi connectivity index (χ2n) is 8.16. The van der Waals surface area contributed by atoms with Gasteiger partial charge in [-0.25, -0.2) is 0 Å². The van der Waals surface area contributed by atoms with Crippen LogP contribution in [0.1, 0.15) is 54.6 Å². The average molecular weight is 397 g/mol. The third-order valence-electron chi connectivity index (χ3n) is 6.20. The second-order valence-corrected chi connectivity index (χ2v) is 9.42. The summed E-state index contributed by atoms with van der Waals surface area (Å²) in [7, 11) is 0. The van der Waals surface area contributed by atoms with Gasteiger partial charge >= 0.3 is 0 Å². The normalized spacial score (nSPS) is 19.6. The van der Waals surface area contributed by atoms with Crippen molar-refractivity contribution < 1.29 is 4.74 Å². The summed E-state index contributed by atoms with van der Waals surface area (Å²) in [6.07, 6.45) is 10.0. The van der Waals surface area contributed by atoms with Crippen LogP contribution in [-0.2, 0) is 6.54 Å². The van der Waals surface area contributed by atoms with Gasteiger partial charge in [0.2, 0.25) is 0 Å². The van der Waals surface area contributed by atoms with Crippen molar-refractivity contribution in [3.63, 3.8) is 0 Å². The van der Waals surface area contributed by atoms with Crippen LogP contribution in [0.15, 0.2) is 30.5 Å². The van der Waals surface area contributed by atoms with Crippen molar-refractivity contribution in [2.24, 2.45) is 0 Å². The van der Waals surface area contributed by atoms with E-state index in [1.165, 1.54) is 36.6 Å². The molecule has 0 atom stereocenters.